The first-order valence-corrected chi connectivity index (χ1v) is 6.16. The Kier molecular flexibility index (Phi) is 5.33. The zero-order chi connectivity index (χ0) is 12.0. The molecule has 0 aliphatic rings. The van der Waals surface area contributed by atoms with E-state index in [2.05, 4.69) is 28.5 Å². The maximum absolute atomic E-state index is 11.7. The quantitative estimate of drug-likeness (QED) is 0.482. The number of benzene rings is 1. The molecule has 0 radical (unpaired) electrons. The number of carbonyl (C=O) groups is 1. The van der Waals surface area contributed by atoms with Crippen LogP contribution in [0.4, 0.5) is 0 Å². The minimum Gasteiger partial charge on any atom is -0.462 e. The van der Waals surface area contributed by atoms with Gasteiger partial charge in [-0.25, -0.2) is 4.79 Å². The number of hydrogen-bond donors (Lipinski definition) is 0. The average molecular weight is 328 g/mol. The summed E-state index contributed by atoms with van der Waals surface area (Å²) in [6.07, 6.45) is 6.57. The van der Waals surface area contributed by atoms with Crippen LogP contribution in [-0.2, 0) is 11.2 Å². The largest absolute Gasteiger partial charge is 0.462 e. The molecule has 2 nitrogen and oxygen atoms in total. The number of hydrogen-bond acceptors (Lipinski definition) is 2. The Morgan fingerprint density at radius 2 is 2.31 bits per heavy atom. The fourth-order valence-electron chi connectivity index (χ4n) is 1.38. The molecule has 0 aliphatic carbocycles. The van der Waals surface area contributed by atoms with Crippen molar-refractivity contribution in [3.05, 3.63) is 32.9 Å². The second-order valence-electron chi connectivity index (χ2n) is 3.23. The van der Waals surface area contributed by atoms with Gasteiger partial charge in [-0.05, 0) is 59.7 Å². The fraction of sp³-hybridized carbons (Fsp3) is 0.308. The molecule has 0 atom stereocenters. The Morgan fingerprint density at radius 1 is 1.56 bits per heavy atom. The molecule has 0 N–H and O–H groups in total. The van der Waals surface area contributed by atoms with E-state index in [1.165, 1.54) is 0 Å². The zero-order valence-electron chi connectivity index (χ0n) is 9.13. The van der Waals surface area contributed by atoms with Crippen molar-refractivity contribution in [2.75, 3.05) is 6.61 Å². The summed E-state index contributed by atoms with van der Waals surface area (Å²) in [6, 6.07) is 5.67. The fourth-order valence-corrected chi connectivity index (χ4v) is 1.94. The molecule has 0 fully saturated rings. The smallest absolute Gasteiger partial charge is 0.338 e. The Hall–Kier alpha value is -1.02. The van der Waals surface area contributed by atoms with Crippen LogP contribution in [0.3, 0.4) is 0 Å². The van der Waals surface area contributed by atoms with Gasteiger partial charge in [0.1, 0.15) is 0 Å². The molecule has 1 aromatic rings. The van der Waals surface area contributed by atoms with Crippen LogP contribution in [0.2, 0.25) is 0 Å². The van der Waals surface area contributed by atoms with E-state index in [0.29, 0.717) is 25.0 Å². The predicted molar refractivity (Wildman–Crippen MR) is 72.3 cm³/mol. The first kappa shape index (κ1) is 13.0. The normalized spacial score (nSPS) is 9.56. The number of terminal acetylenes is 1. The number of ether oxygens (including phenoxy) is 1. The van der Waals surface area contributed by atoms with Crippen LogP contribution in [0, 0.1) is 15.9 Å². The molecule has 0 bridgehead atoms. The molecule has 0 aromatic heterocycles. The topological polar surface area (TPSA) is 26.3 Å². The Balaban J connectivity index is 2.98. The van der Waals surface area contributed by atoms with Crippen LogP contribution in [0.15, 0.2) is 18.2 Å². The summed E-state index contributed by atoms with van der Waals surface area (Å²) in [5.41, 5.74) is 1.58. The van der Waals surface area contributed by atoms with Gasteiger partial charge in [-0.15, -0.1) is 12.3 Å². The molecular formula is C13H13IO2. The van der Waals surface area contributed by atoms with Gasteiger partial charge in [-0.3, -0.25) is 0 Å². The third-order valence-corrected chi connectivity index (χ3v) is 2.77. The molecule has 0 unspecified atom stereocenters. The van der Waals surface area contributed by atoms with Crippen LogP contribution >= 0.6 is 22.6 Å². The molecule has 84 valence electrons. The second kappa shape index (κ2) is 6.54. The highest BCUT2D eigenvalue weighted by atomic mass is 127. The van der Waals surface area contributed by atoms with E-state index in [1.807, 2.05) is 12.1 Å². The summed E-state index contributed by atoms with van der Waals surface area (Å²) in [6.45, 7) is 2.19. The van der Waals surface area contributed by atoms with Gasteiger partial charge >= 0.3 is 5.97 Å². The summed E-state index contributed by atoms with van der Waals surface area (Å²) in [4.78, 5) is 11.7. The van der Waals surface area contributed by atoms with Crippen molar-refractivity contribution < 1.29 is 9.53 Å². The highest BCUT2D eigenvalue weighted by Crippen LogP contribution is 2.16. The third kappa shape index (κ3) is 3.53. The molecule has 1 rings (SSSR count). The van der Waals surface area contributed by atoms with Crippen molar-refractivity contribution in [2.45, 2.75) is 19.8 Å². The van der Waals surface area contributed by atoms with E-state index < -0.39 is 0 Å². The molecule has 0 aliphatic heterocycles. The molecule has 0 spiro atoms. The summed E-state index contributed by atoms with van der Waals surface area (Å²) >= 11 is 2.21. The van der Waals surface area contributed by atoms with Crippen LogP contribution in [0.5, 0.6) is 0 Å². The molecule has 0 heterocycles. The summed E-state index contributed by atoms with van der Waals surface area (Å²) in [7, 11) is 0. The molecule has 1 aromatic carbocycles. The van der Waals surface area contributed by atoms with Crippen molar-refractivity contribution in [2.24, 2.45) is 0 Å². The van der Waals surface area contributed by atoms with E-state index in [0.717, 1.165) is 9.13 Å². The van der Waals surface area contributed by atoms with E-state index in [9.17, 15) is 4.79 Å². The molecule has 3 heteroatoms. The Labute approximate surface area is 110 Å². The van der Waals surface area contributed by atoms with Gasteiger partial charge < -0.3 is 4.74 Å². The zero-order valence-corrected chi connectivity index (χ0v) is 11.3. The van der Waals surface area contributed by atoms with Crippen LogP contribution < -0.4 is 0 Å². The van der Waals surface area contributed by atoms with E-state index in [4.69, 9.17) is 11.2 Å². The molecule has 0 amide bonds. The first-order valence-electron chi connectivity index (χ1n) is 5.08. The van der Waals surface area contributed by atoms with Crippen LogP contribution in [0.25, 0.3) is 0 Å². The van der Waals surface area contributed by atoms with Gasteiger partial charge in [0.2, 0.25) is 0 Å². The van der Waals surface area contributed by atoms with E-state index in [-0.39, 0.29) is 5.97 Å². The van der Waals surface area contributed by atoms with Gasteiger partial charge in [-0.1, -0.05) is 0 Å². The number of rotatable bonds is 4. The highest BCUT2D eigenvalue weighted by molar-refractivity contribution is 14.1. The number of aryl methyl sites for hydroxylation is 1. The SMILES string of the molecule is C#CCCc1cc(I)ccc1C(=O)OCC. The van der Waals surface area contributed by atoms with Gasteiger partial charge in [0.15, 0.2) is 0 Å². The summed E-state index contributed by atoms with van der Waals surface area (Å²) < 4.78 is 6.09. The Morgan fingerprint density at radius 3 is 2.94 bits per heavy atom. The lowest BCUT2D eigenvalue weighted by atomic mass is 10.0. The van der Waals surface area contributed by atoms with Gasteiger partial charge in [-0.2, -0.15) is 0 Å². The van der Waals surface area contributed by atoms with Gasteiger partial charge in [0, 0.05) is 9.99 Å². The molecule has 16 heavy (non-hydrogen) atoms. The van der Waals surface area contributed by atoms with Crippen LogP contribution in [0.1, 0.15) is 29.3 Å². The first-order chi connectivity index (χ1) is 7.69. The van der Waals surface area contributed by atoms with Crippen molar-refractivity contribution in [1.82, 2.24) is 0 Å². The predicted octanol–water partition coefficient (Wildman–Crippen LogP) is 3.03. The van der Waals surface area contributed by atoms with Crippen LogP contribution in [-0.4, -0.2) is 12.6 Å². The molecule has 0 saturated heterocycles. The second-order valence-corrected chi connectivity index (χ2v) is 4.47. The van der Waals surface area contributed by atoms with Gasteiger partial charge in [0.25, 0.3) is 0 Å². The van der Waals surface area contributed by atoms with Crippen molar-refractivity contribution in [1.29, 1.82) is 0 Å². The van der Waals surface area contributed by atoms with E-state index in [1.54, 1.807) is 13.0 Å². The number of halogens is 1. The molecule has 0 saturated carbocycles. The maximum Gasteiger partial charge on any atom is 0.338 e. The standard InChI is InChI=1S/C13H13IO2/c1-3-5-6-10-9-11(14)7-8-12(10)13(15)16-4-2/h1,7-9H,4-6H2,2H3. The van der Waals surface area contributed by atoms with Crippen molar-refractivity contribution in [3.63, 3.8) is 0 Å². The maximum atomic E-state index is 11.7. The van der Waals surface area contributed by atoms with Gasteiger partial charge in [0.05, 0.1) is 12.2 Å². The number of esters is 1. The summed E-state index contributed by atoms with van der Waals surface area (Å²) in [5.74, 6) is 2.31. The lowest BCUT2D eigenvalue weighted by Crippen LogP contribution is -2.08. The highest BCUT2D eigenvalue weighted by Gasteiger charge is 2.12. The average Bonchev–Trinajstić information content (AvgIpc) is 2.26. The Bertz CT molecular complexity index is 418. The van der Waals surface area contributed by atoms with Crippen molar-refractivity contribution >= 4 is 28.6 Å². The minimum absolute atomic E-state index is 0.272. The monoisotopic (exact) mass is 328 g/mol. The third-order valence-electron chi connectivity index (χ3n) is 2.10. The lowest BCUT2D eigenvalue weighted by Gasteiger charge is -2.08. The number of carbonyl (C=O) groups excluding carboxylic acids is 1. The van der Waals surface area contributed by atoms with E-state index >= 15 is 0 Å². The lowest BCUT2D eigenvalue weighted by molar-refractivity contribution is 0.0525. The summed E-state index contributed by atoms with van der Waals surface area (Å²) in [5, 5.41) is 0. The van der Waals surface area contributed by atoms with Crippen molar-refractivity contribution in [3.8, 4) is 12.3 Å². The minimum atomic E-state index is -0.272. The molecular weight excluding hydrogens is 315 g/mol.